The van der Waals surface area contributed by atoms with E-state index in [9.17, 15) is 8.42 Å². The van der Waals surface area contributed by atoms with E-state index in [1.807, 2.05) is 24.3 Å². The molecule has 5 heteroatoms. The molecule has 0 aliphatic carbocycles. The van der Waals surface area contributed by atoms with E-state index in [0.717, 1.165) is 10.0 Å². The molecule has 0 bridgehead atoms. The predicted octanol–water partition coefficient (Wildman–Crippen LogP) is 1.89. The van der Waals surface area contributed by atoms with Crippen molar-refractivity contribution in [3.63, 3.8) is 0 Å². The molecule has 1 aliphatic rings. The summed E-state index contributed by atoms with van der Waals surface area (Å²) in [6, 6.07) is 7.41. The second-order valence-electron chi connectivity index (χ2n) is 3.55. The molecule has 0 radical (unpaired) electrons. The van der Waals surface area contributed by atoms with Gasteiger partial charge in [-0.15, -0.1) is 0 Å². The smallest absolute Gasteiger partial charge is 0.147 e. The van der Waals surface area contributed by atoms with E-state index in [2.05, 4.69) is 15.9 Å². The van der Waals surface area contributed by atoms with Gasteiger partial charge in [0.1, 0.15) is 10.7 Å². The summed E-state index contributed by atoms with van der Waals surface area (Å²) in [5, 5.41) is -0.426. The first kappa shape index (κ1) is 11.1. The summed E-state index contributed by atoms with van der Waals surface area (Å²) in [5.41, 5.74) is 0.830. The molecule has 2 atom stereocenters. The molecule has 0 amide bonds. The highest BCUT2D eigenvalue weighted by Crippen LogP contribution is 2.29. The number of hydrogen-bond donors (Lipinski definition) is 1. The fraction of sp³-hybridized carbons (Fsp3) is 0.400. The number of ether oxygens (including phenoxy) is 1. The van der Waals surface area contributed by atoms with Gasteiger partial charge in [-0.25, -0.2) is 8.42 Å². The highest BCUT2D eigenvalue weighted by molar-refractivity contribution is 9.10. The fourth-order valence-corrected chi connectivity index (χ4v) is 2.74. The average Bonchev–Trinajstić information content (AvgIpc) is 2.97. The van der Waals surface area contributed by atoms with Crippen molar-refractivity contribution < 1.29 is 13.2 Å². The van der Waals surface area contributed by atoms with Crippen molar-refractivity contribution in [2.75, 3.05) is 6.61 Å². The van der Waals surface area contributed by atoms with Crippen molar-refractivity contribution in [1.82, 2.24) is 0 Å². The van der Waals surface area contributed by atoms with Crippen LogP contribution in [0.1, 0.15) is 17.2 Å². The molecule has 1 fully saturated rings. The quantitative estimate of drug-likeness (QED) is 0.680. The summed E-state index contributed by atoms with van der Waals surface area (Å²) >= 11 is 3.33. The van der Waals surface area contributed by atoms with E-state index in [0.29, 0.717) is 13.0 Å². The Kier molecular flexibility index (Phi) is 3.43. The molecule has 0 N–H and O–H groups in total. The minimum Gasteiger partial charge on any atom is -0.373 e. The molecule has 15 heavy (non-hydrogen) atoms. The summed E-state index contributed by atoms with van der Waals surface area (Å²) in [6.07, 6.45) is 0.691. The lowest BCUT2D eigenvalue weighted by Crippen LogP contribution is -2.04. The fourth-order valence-electron chi connectivity index (χ4n) is 1.51. The van der Waals surface area contributed by atoms with Crippen LogP contribution in [0.3, 0.4) is 0 Å². The van der Waals surface area contributed by atoms with Crippen molar-refractivity contribution in [3.8, 4) is 0 Å². The van der Waals surface area contributed by atoms with Crippen molar-refractivity contribution in [3.05, 3.63) is 34.3 Å². The molecule has 2 unspecified atom stereocenters. The number of hydrogen-bond acceptors (Lipinski definition) is 3. The maximum absolute atomic E-state index is 11.1. The maximum atomic E-state index is 11.1. The molecule has 1 aromatic carbocycles. The molecule has 0 spiro atoms. The standard InChI is InChI=1S/C10H11BrO3S/c11-8-3-1-2-7(4-8)10(15(12)13)5-9-6-14-9/h1-4,9-10,15H,5-6H2. The Morgan fingerprint density at radius 1 is 1.53 bits per heavy atom. The summed E-state index contributed by atoms with van der Waals surface area (Å²) in [7, 11) is -2.45. The van der Waals surface area contributed by atoms with E-state index in [1.165, 1.54) is 0 Å². The number of halogens is 1. The first-order valence-corrected chi connectivity index (χ1v) is 6.71. The zero-order valence-electron chi connectivity index (χ0n) is 7.93. The first-order valence-electron chi connectivity index (χ1n) is 4.67. The van der Waals surface area contributed by atoms with Crippen LogP contribution in [0, 0.1) is 0 Å². The second-order valence-corrected chi connectivity index (χ2v) is 5.66. The summed E-state index contributed by atoms with van der Waals surface area (Å²) < 4.78 is 28.2. The van der Waals surface area contributed by atoms with Crippen molar-refractivity contribution >= 4 is 26.6 Å². The highest BCUT2D eigenvalue weighted by Gasteiger charge is 2.29. The minimum absolute atomic E-state index is 0.127. The molecule has 3 nitrogen and oxygen atoms in total. The Labute approximate surface area is 98.5 Å². The third-order valence-corrected chi connectivity index (χ3v) is 3.89. The zero-order chi connectivity index (χ0) is 10.8. The molecule has 0 saturated carbocycles. The van der Waals surface area contributed by atoms with Gasteiger partial charge in [-0.3, -0.25) is 0 Å². The lowest BCUT2D eigenvalue weighted by atomic mass is 10.1. The molecular weight excluding hydrogens is 280 g/mol. The molecular formula is C10H11BrO3S. The van der Waals surface area contributed by atoms with Gasteiger partial charge in [-0.2, -0.15) is 0 Å². The predicted molar refractivity (Wildman–Crippen MR) is 61.6 cm³/mol. The van der Waals surface area contributed by atoms with Gasteiger partial charge in [-0.1, -0.05) is 28.1 Å². The SMILES string of the molecule is O=[SH](=O)C(CC1CO1)c1cccc(Br)c1. The van der Waals surface area contributed by atoms with Crippen LogP contribution in [-0.2, 0) is 15.4 Å². The van der Waals surface area contributed by atoms with Gasteiger partial charge >= 0.3 is 0 Å². The van der Waals surface area contributed by atoms with Gasteiger partial charge in [0.05, 0.1) is 18.0 Å². The Morgan fingerprint density at radius 3 is 2.80 bits per heavy atom. The van der Waals surface area contributed by atoms with E-state index in [-0.39, 0.29) is 6.10 Å². The number of rotatable bonds is 4. The monoisotopic (exact) mass is 290 g/mol. The molecule has 1 heterocycles. The van der Waals surface area contributed by atoms with E-state index in [1.54, 1.807) is 0 Å². The second kappa shape index (κ2) is 4.63. The molecule has 0 aromatic heterocycles. The zero-order valence-corrected chi connectivity index (χ0v) is 10.4. The Balaban J connectivity index is 2.22. The largest absolute Gasteiger partial charge is 0.373 e. The molecule has 82 valence electrons. The van der Waals surface area contributed by atoms with E-state index < -0.39 is 16.0 Å². The normalized spacial score (nSPS) is 21.6. The lowest BCUT2D eigenvalue weighted by molar-refractivity contribution is 0.393. The van der Waals surface area contributed by atoms with Crippen LogP contribution in [0.15, 0.2) is 28.7 Å². The van der Waals surface area contributed by atoms with E-state index in [4.69, 9.17) is 4.74 Å². The van der Waals surface area contributed by atoms with Crippen molar-refractivity contribution in [2.24, 2.45) is 0 Å². The lowest BCUT2D eigenvalue weighted by Gasteiger charge is -2.09. The van der Waals surface area contributed by atoms with E-state index >= 15 is 0 Å². The first-order chi connectivity index (χ1) is 7.16. The van der Waals surface area contributed by atoms with Gasteiger partial charge in [0.2, 0.25) is 0 Å². The topological polar surface area (TPSA) is 46.7 Å². The van der Waals surface area contributed by atoms with Gasteiger partial charge in [0.15, 0.2) is 0 Å². The van der Waals surface area contributed by atoms with Crippen LogP contribution in [0.4, 0.5) is 0 Å². The Bertz CT molecular complexity index is 418. The summed E-state index contributed by atoms with van der Waals surface area (Å²) in [4.78, 5) is 0. The summed E-state index contributed by atoms with van der Waals surface area (Å²) in [6.45, 7) is 0.688. The highest BCUT2D eigenvalue weighted by atomic mass is 79.9. The number of benzene rings is 1. The molecule has 1 aromatic rings. The molecule has 1 saturated heterocycles. The van der Waals surface area contributed by atoms with Crippen LogP contribution in [0.2, 0.25) is 0 Å². The van der Waals surface area contributed by atoms with Crippen molar-refractivity contribution in [1.29, 1.82) is 0 Å². The summed E-state index contributed by atoms with van der Waals surface area (Å²) in [5.74, 6) is 0. The number of thiol groups is 1. The van der Waals surface area contributed by atoms with Crippen LogP contribution in [-0.4, -0.2) is 21.1 Å². The van der Waals surface area contributed by atoms with Crippen LogP contribution >= 0.6 is 15.9 Å². The van der Waals surface area contributed by atoms with Crippen LogP contribution < -0.4 is 0 Å². The minimum atomic E-state index is -2.45. The maximum Gasteiger partial charge on any atom is 0.147 e. The Morgan fingerprint density at radius 2 is 2.27 bits per heavy atom. The third-order valence-electron chi connectivity index (χ3n) is 2.38. The van der Waals surface area contributed by atoms with Crippen LogP contribution in [0.25, 0.3) is 0 Å². The number of epoxide rings is 1. The Hall–Kier alpha value is -0.390. The van der Waals surface area contributed by atoms with Gasteiger partial charge in [0.25, 0.3) is 0 Å². The van der Waals surface area contributed by atoms with Crippen LogP contribution in [0.5, 0.6) is 0 Å². The van der Waals surface area contributed by atoms with Gasteiger partial charge in [0, 0.05) is 4.47 Å². The average molecular weight is 291 g/mol. The van der Waals surface area contributed by atoms with Crippen molar-refractivity contribution in [2.45, 2.75) is 17.8 Å². The molecule has 2 rings (SSSR count). The third kappa shape index (κ3) is 3.03. The molecule has 1 aliphatic heterocycles. The van der Waals surface area contributed by atoms with Gasteiger partial charge in [-0.05, 0) is 24.1 Å². The van der Waals surface area contributed by atoms with Gasteiger partial charge < -0.3 is 4.74 Å².